The topological polar surface area (TPSA) is 63.1 Å². The molecule has 1 N–H and O–H groups in total. The number of benzene rings is 1. The van der Waals surface area contributed by atoms with Crippen LogP contribution in [0.15, 0.2) is 24.3 Å². The molecule has 0 atom stereocenters. The Hall–Kier alpha value is -2.60. The molecular weight excluding hydrogens is 374 g/mol. The van der Waals surface area contributed by atoms with Crippen LogP contribution in [0.1, 0.15) is 41.6 Å². The average molecular weight is 398 g/mol. The highest BCUT2D eigenvalue weighted by Gasteiger charge is 2.25. The maximum Gasteiger partial charge on any atom is 0.289 e. The zero-order valence-electron chi connectivity index (χ0n) is 16.4. The molecule has 1 fully saturated rings. The number of fused-ring (bicyclic) bond motifs is 1. The molecule has 0 bridgehead atoms. The van der Waals surface area contributed by atoms with Gasteiger partial charge in [-0.25, -0.2) is 9.97 Å². The van der Waals surface area contributed by atoms with Gasteiger partial charge in [-0.2, -0.15) is 0 Å². The first-order valence-electron chi connectivity index (χ1n) is 9.70. The molecule has 146 valence electrons. The number of aryl methyl sites for hydroxylation is 1. The standard InChI is InChI=1S/C21H24ClN5O/c1-4-23-21(28)18-24-19(26-10-5-6-11-26)17-13(2)14(3)27(20(17)25-18)16-9-7-8-15(22)12-16/h7-9,12H,4-6,10-11H2,1-3H3,(H,23,28). The van der Waals surface area contributed by atoms with Gasteiger partial charge in [0.2, 0.25) is 5.82 Å². The maximum absolute atomic E-state index is 12.6. The van der Waals surface area contributed by atoms with Crippen LogP contribution >= 0.6 is 11.6 Å². The van der Waals surface area contributed by atoms with Crippen LogP contribution in [0.5, 0.6) is 0 Å². The second-order valence-electron chi connectivity index (χ2n) is 7.15. The molecule has 2 aromatic heterocycles. The molecule has 4 rings (SSSR count). The summed E-state index contributed by atoms with van der Waals surface area (Å²) in [7, 11) is 0. The second-order valence-corrected chi connectivity index (χ2v) is 7.59. The summed E-state index contributed by atoms with van der Waals surface area (Å²) >= 11 is 6.24. The van der Waals surface area contributed by atoms with Gasteiger partial charge >= 0.3 is 0 Å². The lowest BCUT2D eigenvalue weighted by atomic mass is 10.2. The van der Waals surface area contributed by atoms with E-state index in [1.54, 1.807) is 0 Å². The Morgan fingerprint density at radius 2 is 1.96 bits per heavy atom. The SMILES string of the molecule is CCNC(=O)c1nc(N2CCCC2)c2c(C)c(C)n(-c3cccc(Cl)c3)c2n1. The van der Waals surface area contributed by atoms with Crippen molar-refractivity contribution in [3.05, 3.63) is 46.4 Å². The number of hydrogen-bond acceptors (Lipinski definition) is 4. The number of nitrogens with one attached hydrogen (secondary N) is 1. The van der Waals surface area contributed by atoms with E-state index in [4.69, 9.17) is 16.6 Å². The van der Waals surface area contributed by atoms with E-state index in [1.165, 1.54) is 0 Å². The van der Waals surface area contributed by atoms with Crippen LogP contribution in [0.2, 0.25) is 5.02 Å². The Labute approximate surface area is 169 Å². The van der Waals surface area contributed by atoms with E-state index in [-0.39, 0.29) is 11.7 Å². The van der Waals surface area contributed by atoms with E-state index in [2.05, 4.69) is 33.6 Å². The van der Waals surface area contributed by atoms with E-state index in [0.29, 0.717) is 11.6 Å². The minimum Gasteiger partial charge on any atom is -0.356 e. The first-order valence-corrected chi connectivity index (χ1v) is 10.1. The summed E-state index contributed by atoms with van der Waals surface area (Å²) < 4.78 is 2.07. The van der Waals surface area contributed by atoms with Crippen LogP contribution in [0.25, 0.3) is 16.7 Å². The Kier molecular flexibility index (Phi) is 4.98. The Balaban J connectivity index is 2.03. The summed E-state index contributed by atoms with van der Waals surface area (Å²) in [6, 6.07) is 7.69. The molecule has 0 saturated carbocycles. The minimum absolute atomic E-state index is 0.206. The molecule has 1 aliphatic rings. The van der Waals surface area contributed by atoms with E-state index in [1.807, 2.05) is 31.2 Å². The lowest BCUT2D eigenvalue weighted by molar-refractivity contribution is 0.0946. The number of halogens is 1. The van der Waals surface area contributed by atoms with E-state index in [0.717, 1.165) is 59.7 Å². The summed E-state index contributed by atoms with van der Waals surface area (Å²) in [4.78, 5) is 24.2. The molecule has 1 aliphatic heterocycles. The molecule has 0 radical (unpaired) electrons. The van der Waals surface area contributed by atoms with Crippen molar-refractivity contribution in [3.63, 3.8) is 0 Å². The van der Waals surface area contributed by atoms with Gasteiger partial charge in [-0.1, -0.05) is 17.7 Å². The number of carbonyl (C=O) groups excluding carboxylic acids is 1. The van der Waals surface area contributed by atoms with Gasteiger partial charge in [0.15, 0.2) is 5.65 Å². The molecule has 7 heteroatoms. The first kappa shape index (κ1) is 18.7. The zero-order valence-corrected chi connectivity index (χ0v) is 17.2. The van der Waals surface area contributed by atoms with Gasteiger partial charge in [0.1, 0.15) is 5.82 Å². The highest BCUT2D eigenvalue weighted by Crippen LogP contribution is 2.35. The first-order chi connectivity index (χ1) is 13.5. The third kappa shape index (κ3) is 3.11. The van der Waals surface area contributed by atoms with Crippen molar-refractivity contribution in [2.24, 2.45) is 0 Å². The number of hydrogen-bond donors (Lipinski definition) is 1. The molecule has 1 amide bonds. The van der Waals surface area contributed by atoms with Crippen molar-refractivity contribution in [1.29, 1.82) is 0 Å². The maximum atomic E-state index is 12.6. The summed E-state index contributed by atoms with van der Waals surface area (Å²) in [5.74, 6) is 0.807. The normalized spacial score (nSPS) is 14.1. The smallest absolute Gasteiger partial charge is 0.289 e. The lowest BCUT2D eigenvalue weighted by Crippen LogP contribution is -2.27. The molecule has 28 heavy (non-hydrogen) atoms. The molecule has 3 heterocycles. The van der Waals surface area contributed by atoms with Crippen molar-refractivity contribution < 1.29 is 4.79 Å². The fourth-order valence-electron chi connectivity index (χ4n) is 3.87. The average Bonchev–Trinajstić information content (AvgIpc) is 3.29. The molecule has 0 aliphatic carbocycles. The van der Waals surface area contributed by atoms with Crippen molar-refractivity contribution >= 4 is 34.4 Å². The van der Waals surface area contributed by atoms with Crippen LogP contribution in [-0.2, 0) is 0 Å². The third-order valence-electron chi connectivity index (χ3n) is 5.35. The van der Waals surface area contributed by atoms with Crippen LogP contribution in [0.4, 0.5) is 5.82 Å². The molecular formula is C21H24ClN5O. The summed E-state index contributed by atoms with van der Waals surface area (Å²) in [5, 5.41) is 4.49. The number of rotatable bonds is 4. The fraction of sp³-hybridized carbons (Fsp3) is 0.381. The van der Waals surface area contributed by atoms with Gasteiger partial charge in [-0.3, -0.25) is 9.36 Å². The zero-order chi connectivity index (χ0) is 19.8. The minimum atomic E-state index is -0.251. The quantitative estimate of drug-likeness (QED) is 0.721. The summed E-state index contributed by atoms with van der Waals surface area (Å²) in [5.41, 5.74) is 3.87. The van der Waals surface area contributed by atoms with Gasteiger partial charge in [-0.15, -0.1) is 0 Å². The number of nitrogens with zero attached hydrogens (tertiary/aromatic N) is 4. The molecule has 0 unspecified atom stereocenters. The third-order valence-corrected chi connectivity index (χ3v) is 5.58. The van der Waals surface area contributed by atoms with Crippen LogP contribution in [0, 0.1) is 13.8 Å². The van der Waals surface area contributed by atoms with Crippen molar-refractivity contribution in [1.82, 2.24) is 19.9 Å². The molecule has 3 aromatic rings. The summed E-state index contributed by atoms with van der Waals surface area (Å²) in [6.07, 6.45) is 2.27. The highest BCUT2D eigenvalue weighted by molar-refractivity contribution is 6.30. The Bertz CT molecular complexity index is 1050. The predicted molar refractivity (Wildman–Crippen MR) is 113 cm³/mol. The van der Waals surface area contributed by atoms with Crippen molar-refractivity contribution in [3.8, 4) is 5.69 Å². The van der Waals surface area contributed by atoms with Crippen LogP contribution in [0.3, 0.4) is 0 Å². The van der Waals surface area contributed by atoms with Crippen molar-refractivity contribution in [2.45, 2.75) is 33.6 Å². The number of anilines is 1. The van der Waals surface area contributed by atoms with E-state index < -0.39 is 0 Å². The molecule has 6 nitrogen and oxygen atoms in total. The van der Waals surface area contributed by atoms with E-state index >= 15 is 0 Å². The fourth-order valence-corrected chi connectivity index (χ4v) is 4.06. The Morgan fingerprint density at radius 3 is 2.64 bits per heavy atom. The number of carbonyl (C=O) groups is 1. The van der Waals surface area contributed by atoms with Gasteiger partial charge in [0.25, 0.3) is 5.91 Å². The number of aromatic nitrogens is 3. The summed E-state index contributed by atoms with van der Waals surface area (Å²) in [6.45, 7) is 8.47. The van der Waals surface area contributed by atoms with E-state index in [9.17, 15) is 4.79 Å². The van der Waals surface area contributed by atoms with Gasteiger partial charge in [0.05, 0.1) is 5.39 Å². The molecule has 0 spiro atoms. The molecule has 1 saturated heterocycles. The van der Waals surface area contributed by atoms with Gasteiger partial charge in [-0.05, 0) is 57.4 Å². The lowest BCUT2D eigenvalue weighted by Gasteiger charge is -2.18. The number of amides is 1. The Morgan fingerprint density at radius 1 is 1.21 bits per heavy atom. The largest absolute Gasteiger partial charge is 0.356 e. The molecule has 1 aromatic carbocycles. The predicted octanol–water partition coefficient (Wildman–Crippen LogP) is 4.04. The van der Waals surface area contributed by atoms with Crippen molar-refractivity contribution in [2.75, 3.05) is 24.5 Å². The second kappa shape index (κ2) is 7.43. The van der Waals surface area contributed by atoms with Gasteiger partial charge in [0, 0.05) is 36.0 Å². The monoisotopic (exact) mass is 397 g/mol. The van der Waals surface area contributed by atoms with Gasteiger partial charge < -0.3 is 10.2 Å². The highest BCUT2D eigenvalue weighted by atomic mass is 35.5. The van der Waals surface area contributed by atoms with Crippen LogP contribution in [-0.4, -0.2) is 40.1 Å². The van der Waals surface area contributed by atoms with Crippen LogP contribution < -0.4 is 10.2 Å².